The Morgan fingerprint density at radius 3 is 2.41 bits per heavy atom. The molecule has 152 valence electrons. The summed E-state index contributed by atoms with van der Waals surface area (Å²) in [6.07, 6.45) is -0.642. The summed E-state index contributed by atoms with van der Waals surface area (Å²) in [4.78, 5) is 16.5. The topological polar surface area (TPSA) is 98.2 Å². The van der Waals surface area contributed by atoms with E-state index in [-0.39, 0.29) is 21.7 Å². The highest BCUT2D eigenvalue weighted by molar-refractivity contribution is 7.93. The molecule has 0 aliphatic carbocycles. The van der Waals surface area contributed by atoms with Crippen LogP contribution in [0.15, 0.2) is 63.8 Å². The van der Waals surface area contributed by atoms with Crippen LogP contribution in [-0.2, 0) is 26.7 Å². The number of rotatable bonds is 6. The predicted octanol–water partition coefficient (Wildman–Crippen LogP) is 3.84. The molecule has 1 amide bonds. The number of carbonyl (C=O) groups excluding carboxylic acids is 1. The van der Waals surface area contributed by atoms with Crippen LogP contribution >= 0.6 is 11.5 Å². The zero-order valence-corrected chi connectivity index (χ0v) is 17.9. The zero-order chi connectivity index (χ0) is 21.1. The first-order valence-corrected chi connectivity index (χ1v) is 11.1. The van der Waals surface area contributed by atoms with Gasteiger partial charge in [-0.1, -0.05) is 48.0 Å². The van der Waals surface area contributed by atoms with Crippen LogP contribution in [0.4, 0.5) is 4.79 Å². The SMILES string of the molecule is Cc1ccc(S(=O)(=O)c2nc(C(C)(C)NC(=O)OCc3ccccc3)ns2)cc1. The fourth-order valence-corrected chi connectivity index (χ4v) is 4.72. The third-order valence-corrected chi connectivity index (χ3v) is 6.99. The van der Waals surface area contributed by atoms with Crippen molar-refractivity contribution in [2.75, 3.05) is 0 Å². The highest BCUT2D eigenvalue weighted by Crippen LogP contribution is 2.26. The molecule has 1 aromatic heterocycles. The van der Waals surface area contributed by atoms with E-state index >= 15 is 0 Å². The average Bonchev–Trinajstić information content (AvgIpc) is 3.19. The number of amides is 1. The minimum absolute atomic E-state index is 0.121. The molecule has 3 aromatic rings. The van der Waals surface area contributed by atoms with Crippen LogP contribution < -0.4 is 5.32 Å². The summed E-state index contributed by atoms with van der Waals surface area (Å²) >= 11 is 0.779. The van der Waals surface area contributed by atoms with Gasteiger partial charge in [0.05, 0.1) is 10.4 Å². The molecule has 29 heavy (non-hydrogen) atoms. The molecule has 0 fully saturated rings. The first-order chi connectivity index (χ1) is 13.7. The molecule has 9 heteroatoms. The number of nitrogens with one attached hydrogen (secondary N) is 1. The monoisotopic (exact) mass is 431 g/mol. The maximum atomic E-state index is 12.8. The molecule has 0 spiro atoms. The van der Waals surface area contributed by atoms with E-state index in [1.54, 1.807) is 26.0 Å². The van der Waals surface area contributed by atoms with E-state index in [2.05, 4.69) is 14.7 Å². The molecule has 0 unspecified atom stereocenters. The Morgan fingerprint density at radius 1 is 1.10 bits per heavy atom. The lowest BCUT2D eigenvalue weighted by atomic mass is 10.1. The van der Waals surface area contributed by atoms with Gasteiger partial charge in [-0.25, -0.2) is 18.2 Å². The molecule has 1 heterocycles. The lowest BCUT2D eigenvalue weighted by molar-refractivity contribution is 0.128. The van der Waals surface area contributed by atoms with Gasteiger partial charge in [0.1, 0.15) is 6.61 Å². The van der Waals surface area contributed by atoms with Gasteiger partial charge in [0.15, 0.2) is 5.82 Å². The molecule has 2 aromatic carbocycles. The van der Waals surface area contributed by atoms with Crippen LogP contribution in [-0.4, -0.2) is 23.9 Å². The number of ether oxygens (including phenoxy) is 1. The first-order valence-electron chi connectivity index (χ1n) is 8.83. The lowest BCUT2D eigenvalue weighted by Crippen LogP contribution is -2.42. The number of carbonyl (C=O) groups is 1. The molecule has 3 rings (SSSR count). The second-order valence-electron chi connectivity index (χ2n) is 7.01. The van der Waals surface area contributed by atoms with Crippen LogP contribution in [0.3, 0.4) is 0 Å². The lowest BCUT2D eigenvalue weighted by Gasteiger charge is -2.22. The Balaban J connectivity index is 1.71. The minimum Gasteiger partial charge on any atom is -0.445 e. The molecule has 0 atom stereocenters. The van der Waals surface area contributed by atoms with Crippen LogP contribution in [0.5, 0.6) is 0 Å². The second-order valence-corrected chi connectivity index (χ2v) is 9.89. The molecule has 7 nitrogen and oxygen atoms in total. The van der Waals surface area contributed by atoms with Crippen molar-refractivity contribution in [1.82, 2.24) is 14.7 Å². The van der Waals surface area contributed by atoms with Crippen LogP contribution in [0, 0.1) is 6.92 Å². The molecular weight excluding hydrogens is 410 g/mol. The van der Waals surface area contributed by atoms with Gasteiger partial charge in [-0.2, -0.15) is 4.37 Å². The Hall–Kier alpha value is -2.78. The van der Waals surface area contributed by atoms with Gasteiger partial charge < -0.3 is 10.1 Å². The van der Waals surface area contributed by atoms with Gasteiger partial charge >= 0.3 is 6.09 Å². The molecule has 0 aliphatic rings. The molecule has 0 aliphatic heterocycles. The summed E-state index contributed by atoms with van der Waals surface area (Å²) in [5, 5.41) is 2.68. The number of benzene rings is 2. The highest BCUT2D eigenvalue weighted by atomic mass is 32.2. The van der Waals surface area contributed by atoms with Crippen molar-refractivity contribution in [3.63, 3.8) is 0 Å². The third kappa shape index (κ3) is 4.99. The van der Waals surface area contributed by atoms with Gasteiger partial charge in [0.25, 0.3) is 0 Å². The van der Waals surface area contributed by atoms with Crippen molar-refractivity contribution in [3.05, 3.63) is 71.5 Å². The molecule has 0 saturated heterocycles. The number of aryl methyl sites for hydroxylation is 1. The molecule has 0 bridgehead atoms. The fraction of sp³-hybridized carbons (Fsp3) is 0.250. The quantitative estimate of drug-likeness (QED) is 0.637. The molecule has 1 N–H and O–H groups in total. The summed E-state index contributed by atoms with van der Waals surface area (Å²) < 4.78 is 34.8. The Bertz CT molecular complexity index is 1090. The highest BCUT2D eigenvalue weighted by Gasteiger charge is 2.31. The van der Waals surface area contributed by atoms with Gasteiger partial charge in [0, 0.05) is 0 Å². The third-order valence-electron chi connectivity index (χ3n) is 4.15. The van der Waals surface area contributed by atoms with Crippen molar-refractivity contribution in [1.29, 1.82) is 0 Å². The Kier molecular flexibility index (Phi) is 5.99. The average molecular weight is 432 g/mol. The van der Waals surface area contributed by atoms with E-state index in [4.69, 9.17) is 4.74 Å². The van der Waals surface area contributed by atoms with E-state index in [0.717, 1.165) is 22.7 Å². The van der Waals surface area contributed by atoms with E-state index < -0.39 is 21.5 Å². The predicted molar refractivity (Wildman–Crippen MR) is 109 cm³/mol. The van der Waals surface area contributed by atoms with E-state index in [1.165, 1.54) is 12.1 Å². The van der Waals surface area contributed by atoms with E-state index in [1.807, 2.05) is 37.3 Å². The number of sulfone groups is 1. The summed E-state index contributed by atoms with van der Waals surface area (Å²) in [6.45, 7) is 5.37. The van der Waals surface area contributed by atoms with Crippen molar-refractivity contribution in [2.45, 2.75) is 42.2 Å². The van der Waals surface area contributed by atoms with Crippen molar-refractivity contribution in [3.8, 4) is 0 Å². The number of hydrogen-bond acceptors (Lipinski definition) is 7. The Labute approximate surface area is 173 Å². The number of hydrogen-bond donors (Lipinski definition) is 1. The largest absolute Gasteiger partial charge is 0.445 e. The summed E-state index contributed by atoms with van der Waals surface area (Å²) in [5.41, 5.74) is 0.811. The first kappa shape index (κ1) is 20.9. The van der Waals surface area contributed by atoms with Gasteiger partial charge in [0.2, 0.25) is 14.2 Å². The second kappa shape index (κ2) is 8.30. The molecular formula is C20H21N3O4S2. The molecule has 0 saturated carbocycles. The van der Waals surface area contributed by atoms with E-state index in [0.29, 0.717) is 0 Å². The normalized spacial score (nSPS) is 11.8. The number of nitrogens with zero attached hydrogens (tertiary/aromatic N) is 2. The van der Waals surface area contributed by atoms with Crippen molar-refractivity contribution < 1.29 is 17.9 Å². The minimum atomic E-state index is -3.77. The van der Waals surface area contributed by atoms with Crippen molar-refractivity contribution in [2.24, 2.45) is 0 Å². The number of aromatic nitrogens is 2. The maximum Gasteiger partial charge on any atom is 0.408 e. The van der Waals surface area contributed by atoms with Crippen LogP contribution in [0.1, 0.15) is 30.8 Å². The van der Waals surface area contributed by atoms with Crippen LogP contribution in [0.25, 0.3) is 0 Å². The van der Waals surface area contributed by atoms with Crippen molar-refractivity contribution >= 4 is 27.5 Å². The smallest absolute Gasteiger partial charge is 0.408 e. The standard InChI is InChI=1S/C20H21N3O4S2/c1-14-9-11-16(12-10-14)29(25,26)19-21-17(23-28-19)20(2,3)22-18(24)27-13-15-7-5-4-6-8-15/h4-12H,13H2,1-3H3,(H,22,24). The summed E-state index contributed by atoms with van der Waals surface area (Å²) in [5.74, 6) is 0.199. The van der Waals surface area contributed by atoms with Gasteiger partial charge in [-0.15, -0.1) is 0 Å². The van der Waals surface area contributed by atoms with Gasteiger partial charge in [-0.3, -0.25) is 0 Å². The fourth-order valence-electron chi connectivity index (χ4n) is 2.46. The van der Waals surface area contributed by atoms with E-state index in [9.17, 15) is 13.2 Å². The maximum absolute atomic E-state index is 12.8. The van der Waals surface area contributed by atoms with Gasteiger partial charge in [-0.05, 0) is 50.0 Å². The summed E-state index contributed by atoms with van der Waals surface area (Å²) in [7, 11) is -3.77. The molecule has 0 radical (unpaired) electrons. The zero-order valence-electron chi connectivity index (χ0n) is 16.2. The number of alkyl carbamates (subject to hydrolysis) is 1. The summed E-state index contributed by atoms with van der Waals surface area (Å²) in [6, 6.07) is 15.8. The Morgan fingerprint density at radius 2 is 1.76 bits per heavy atom. The van der Waals surface area contributed by atoms with Crippen LogP contribution in [0.2, 0.25) is 0 Å².